The SMILES string of the molecule is CCCCCCCCCCCC(=O)C(C)(O)C(=O)O.[KH]. The summed E-state index contributed by atoms with van der Waals surface area (Å²) in [6, 6.07) is 0. The van der Waals surface area contributed by atoms with Gasteiger partial charge >= 0.3 is 57.4 Å². The molecule has 20 heavy (non-hydrogen) atoms. The van der Waals surface area contributed by atoms with Crippen molar-refractivity contribution in [2.24, 2.45) is 0 Å². The van der Waals surface area contributed by atoms with Crippen molar-refractivity contribution in [2.75, 3.05) is 0 Å². The Hall–Kier alpha value is 0.736. The van der Waals surface area contributed by atoms with E-state index in [1.807, 2.05) is 0 Å². The second kappa shape index (κ2) is 13.4. The summed E-state index contributed by atoms with van der Waals surface area (Å²) in [6.45, 7) is 3.24. The van der Waals surface area contributed by atoms with E-state index in [1.165, 1.54) is 38.5 Å². The molecule has 0 aliphatic heterocycles. The molecule has 5 heteroatoms. The summed E-state index contributed by atoms with van der Waals surface area (Å²) >= 11 is 0. The molecule has 0 saturated carbocycles. The Labute approximate surface area is 165 Å². The molecule has 0 heterocycles. The number of carbonyl (C=O) groups excluding carboxylic acids is 1. The fourth-order valence-corrected chi connectivity index (χ4v) is 1.96. The van der Waals surface area contributed by atoms with Gasteiger partial charge in [0.15, 0.2) is 5.78 Å². The van der Waals surface area contributed by atoms with Gasteiger partial charge in [-0.1, -0.05) is 58.3 Å². The zero-order valence-corrected chi connectivity index (χ0v) is 12.3. The number of ketones is 1. The summed E-state index contributed by atoms with van der Waals surface area (Å²) in [5, 5.41) is 18.1. The van der Waals surface area contributed by atoms with Crippen LogP contribution >= 0.6 is 0 Å². The maximum absolute atomic E-state index is 11.5. The van der Waals surface area contributed by atoms with Crippen molar-refractivity contribution in [3.63, 3.8) is 0 Å². The molecule has 1 atom stereocenters. The summed E-state index contributed by atoms with van der Waals surface area (Å²) in [5.74, 6) is -2.06. The van der Waals surface area contributed by atoms with E-state index in [2.05, 4.69) is 6.92 Å². The molecule has 0 spiro atoms. The number of Topliss-reactive ketones (excluding diaryl/α,β-unsaturated/α-hetero) is 1. The first-order valence-electron chi connectivity index (χ1n) is 7.42. The molecule has 0 bridgehead atoms. The van der Waals surface area contributed by atoms with Crippen LogP contribution in [0.4, 0.5) is 0 Å². The predicted molar refractivity (Wildman–Crippen MR) is 82.3 cm³/mol. The molecule has 114 valence electrons. The van der Waals surface area contributed by atoms with Crippen molar-refractivity contribution in [3.05, 3.63) is 0 Å². The van der Waals surface area contributed by atoms with Crippen LogP contribution in [0.25, 0.3) is 0 Å². The van der Waals surface area contributed by atoms with Gasteiger partial charge in [-0.05, 0) is 13.3 Å². The Bertz CT molecular complexity index is 277. The van der Waals surface area contributed by atoms with E-state index >= 15 is 0 Å². The van der Waals surface area contributed by atoms with E-state index in [0.29, 0.717) is 6.42 Å². The molecule has 0 aliphatic rings. The normalized spacial score (nSPS) is 13.3. The van der Waals surface area contributed by atoms with Gasteiger partial charge in [-0.15, -0.1) is 0 Å². The molecule has 0 aromatic carbocycles. The van der Waals surface area contributed by atoms with Gasteiger partial charge in [0.2, 0.25) is 5.60 Å². The van der Waals surface area contributed by atoms with Gasteiger partial charge in [0.05, 0.1) is 0 Å². The summed E-state index contributed by atoms with van der Waals surface area (Å²) in [4.78, 5) is 22.1. The van der Waals surface area contributed by atoms with Gasteiger partial charge in [0.25, 0.3) is 0 Å². The Kier molecular flexibility index (Phi) is 15.4. The number of hydrogen-bond acceptors (Lipinski definition) is 3. The minimum atomic E-state index is -2.22. The van der Waals surface area contributed by atoms with E-state index in [9.17, 15) is 14.7 Å². The number of rotatable bonds is 12. The van der Waals surface area contributed by atoms with Crippen molar-refractivity contribution in [3.8, 4) is 0 Å². The number of carbonyl (C=O) groups is 2. The number of carboxylic acids is 1. The molecule has 0 aromatic rings. The summed E-state index contributed by atoms with van der Waals surface area (Å²) < 4.78 is 0. The van der Waals surface area contributed by atoms with Crippen molar-refractivity contribution >= 4 is 63.1 Å². The van der Waals surface area contributed by atoms with Crippen LogP contribution in [0.3, 0.4) is 0 Å². The number of aliphatic carboxylic acids is 1. The Balaban J connectivity index is 0. The average molecular weight is 312 g/mol. The van der Waals surface area contributed by atoms with Gasteiger partial charge < -0.3 is 10.2 Å². The van der Waals surface area contributed by atoms with Gasteiger partial charge in [0.1, 0.15) is 0 Å². The first-order chi connectivity index (χ1) is 8.92. The Morgan fingerprint density at radius 1 is 0.900 bits per heavy atom. The van der Waals surface area contributed by atoms with Crippen LogP contribution in [0.1, 0.15) is 78.1 Å². The molecule has 0 aliphatic carbocycles. The van der Waals surface area contributed by atoms with Crippen LogP contribution in [0, 0.1) is 0 Å². The van der Waals surface area contributed by atoms with Crippen molar-refractivity contribution in [2.45, 2.75) is 83.7 Å². The summed E-state index contributed by atoms with van der Waals surface area (Å²) in [5.41, 5.74) is -2.22. The van der Waals surface area contributed by atoms with Crippen LogP contribution in [-0.2, 0) is 9.59 Å². The average Bonchev–Trinajstić information content (AvgIpc) is 2.36. The molecule has 0 saturated heterocycles. The third kappa shape index (κ3) is 10.5. The standard InChI is InChI=1S/C15H28O4.K.H/c1-3-4-5-6-7-8-9-10-11-12-13(16)15(2,19)14(17)18;;/h19H,3-12H2,1-2H3,(H,17,18);;. The second-order valence-corrected chi connectivity index (χ2v) is 5.38. The van der Waals surface area contributed by atoms with Crippen molar-refractivity contribution < 1.29 is 19.8 Å². The molecule has 1 unspecified atom stereocenters. The quantitative estimate of drug-likeness (QED) is 0.330. The third-order valence-electron chi connectivity index (χ3n) is 3.47. The van der Waals surface area contributed by atoms with Gasteiger partial charge in [0, 0.05) is 6.42 Å². The van der Waals surface area contributed by atoms with Crippen LogP contribution < -0.4 is 0 Å². The second-order valence-electron chi connectivity index (χ2n) is 5.38. The predicted octanol–water partition coefficient (Wildman–Crippen LogP) is 2.66. The Morgan fingerprint density at radius 3 is 1.70 bits per heavy atom. The van der Waals surface area contributed by atoms with Crippen LogP contribution in [0.15, 0.2) is 0 Å². The topological polar surface area (TPSA) is 74.6 Å². The number of carboxylic acid groups (broad SMARTS) is 1. The van der Waals surface area contributed by atoms with Gasteiger partial charge in [-0.2, -0.15) is 0 Å². The number of unbranched alkanes of at least 4 members (excludes halogenated alkanes) is 8. The van der Waals surface area contributed by atoms with Gasteiger partial charge in [-0.3, -0.25) is 4.79 Å². The fraction of sp³-hybridized carbons (Fsp3) is 0.867. The van der Waals surface area contributed by atoms with E-state index in [4.69, 9.17) is 5.11 Å². The van der Waals surface area contributed by atoms with Crippen molar-refractivity contribution in [1.82, 2.24) is 0 Å². The van der Waals surface area contributed by atoms with E-state index in [0.717, 1.165) is 19.8 Å². The van der Waals surface area contributed by atoms with Crippen LogP contribution in [-0.4, -0.2) is 79.0 Å². The molecule has 0 aromatic heterocycles. The zero-order chi connectivity index (χ0) is 14.7. The molecule has 4 nitrogen and oxygen atoms in total. The number of aliphatic hydroxyl groups is 1. The third-order valence-corrected chi connectivity index (χ3v) is 3.47. The van der Waals surface area contributed by atoms with E-state index in [1.54, 1.807) is 0 Å². The van der Waals surface area contributed by atoms with Gasteiger partial charge in [-0.25, -0.2) is 4.79 Å². The molecule has 0 fully saturated rings. The van der Waals surface area contributed by atoms with E-state index < -0.39 is 17.4 Å². The minimum absolute atomic E-state index is 0. The van der Waals surface area contributed by atoms with E-state index in [-0.39, 0.29) is 57.8 Å². The first kappa shape index (κ1) is 23.0. The molecular weight excluding hydrogens is 283 g/mol. The number of hydrogen-bond donors (Lipinski definition) is 2. The monoisotopic (exact) mass is 312 g/mol. The molecule has 2 N–H and O–H groups in total. The Morgan fingerprint density at radius 2 is 1.30 bits per heavy atom. The zero-order valence-electron chi connectivity index (χ0n) is 12.3. The van der Waals surface area contributed by atoms with Crippen molar-refractivity contribution in [1.29, 1.82) is 0 Å². The molecular formula is C15H29KO4. The first-order valence-corrected chi connectivity index (χ1v) is 7.42. The fourth-order valence-electron chi connectivity index (χ4n) is 1.96. The van der Waals surface area contributed by atoms with Crippen LogP contribution in [0.2, 0.25) is 0 Å². The molecule has 0 amide bonds. The molecule has 0 rings (SSSR count). The summed E-state index contributed by atoms with van der Waals surface area (Å²) in [6.07, 6.45) is 10.4. The maximum atomic E-state index is 11.5. The molecule has 0 radical (unpaired) electrons. The van der Waals surface area contributed by atoms with Crippen LogP contribution in [0.5, 0.6) is 0 Å². The summed E-state index contributed by atoms with van der Waals surface area (Å²) in [7, 11) is 0.